The van der Waals surface area contributed by atoms with Crippen LogP contribution in [-0.2, 0) is 0 Å². The highest BCUT2D eigenvalue weighted by Crippen LogP contribution is 2.16. The van der Waals surface area contributed by atoms with E-state index < -0.39 is 17.3 Å². The zero-order valence-corrected chi connectivity index (χ0v) is 17.9. The molecule has 3 nitrogen and oxygen atoms in total. The number of hydrogen-bond donors (Lipinski definition) is 0. The zero-order valence-electron chi connectivity index (χ0n) is 17.9. The van der Waals surface area contributed by atoms with E-state index in [1.165, 1.54) is 94.2 Å². The first kappa shape index (κ1) is 25.6. The number of rotatable bonds is 13. The molecule has 0 saturated carbocycles. The molecule has 1 aromatic carbocycles. The molecule has 0 aromatic heterocycles. The monoisotopic (exact) mass is 381 g/mol. The summed E-state index contributed by atoms with van der Waals surface area (Å²) in [5.41, 5.74) is -0.400. The van der Waals surface area contributed by atoms with Crippen LogP contribution in [0, 0.1) is 5.82 Å². The van der Waals surface area contributed by atoms with Crippen molar-refractivity contribution in [2.45, 2.75) is 79.1 Å². The number of halogens is 1. The maximum Gasteiger partial charge on any atom is 0.132 e. The van der Waals surface area contributed by atoms with Gasteiger partial charge in [-0.1, -0.05) is 71.6 Å². The smallest absolute Gasteiger partial charge is 0.132 e. The van der Waals surface area contributed by atoms with Gasteiger partial charge in [0.15, 0.2) is 0 Å². The first-order valence-corrected chi connectivity index (χ1v) is 10.8. The average Bonchev–Trinajstić information content (AvgIpc) is 2.67. The first-order valence-electron chi connectivity index (χ1n) is 10.8. The van der Waals surface area contributed by atoms with Crippen molar-refractivity contribution in [3.05, 3.63) is 35.6 Å². The maximum absolute atomic E-state index is 12.4. The number of quaternary nitrogens is 1. The van der Waals surface area contributed by atoms with Crippen LogP contribution in [-0.4, -0.2) is 36.6 Å². The van der Waals surface area contributed by atoms with Crippen LogP contribution in [0.5, 0.6) is 0 Å². The lowest BCUT2D eigenvalue weighted by Gasteiger charge is -2.39. The number of unbranched alkanes of at least 4 members (excludes halogenated alkanes) is 4. The van der Waals surface area contributed by atoms with Crippen LogP contribution in [0.4, 0.5) is 4.39 Å². The minimum absolute atomic E-state index is 0.400. The summed E-state index contributed by atoms with van der Waals surface area (Å²) in [5.74, 6) is -2.25. The van der Waals surface area contributed by atoms with Crippen molar-refractivity contribution in [1.29, 1.82) is 0 Å². The van der Waals surface area contributed by atoms with Crippen LogP contribution in [0.25, 0.3) is 0 Å². The Hall–Kier alpha value is -1.42. The number of nitrogens with zero attached hydrogens (tertiary/aromatic N) is 1. The Kier molecular flexibility index (Phi) is 14.8. The van der Waals surface area contributed by atoms with Crippen molar-refractivity contribution < 1.29 is 18.8 Å². The predicted molar refractivity (Wildman–Crippen MR) is 110 cm³/mol. The molecule has 156 valence electrons. The topological polar surface area (TPSA) is 40.1 Å². The molecule has 0 spiro atoms. The van der Waals surface area contributed by atoms with Crippen LogP contribution >= 0.6 is 0 Å². The molecule has 0 radical (unpaired) electrons. The Balaban J connectivity index is 0.000000569. The summed E-state index contributed by atoms with van der Waals surface area (Å²) < 4.78 is 13.8. The molecular weight excluding hydrogens is 341 g/mol. The minimum Gasteiger partial charge on any atom is -0.545 e. The second kappa shape index (κ2) is 15.6. The van der Waals surface area contributed by atoms with Gasteiger partial charge in [0.1, 0.15) is 5.82 Å². The van der Waals surface area contributed by atoms with Gasteiger partial charge in [0.2, 0.25) is 0 Å². The van der Waals surface area contributed by atoms with Gasteiger partial charge < -0.3 is 14.4 Å². The van der Waals surface area contributed by atoms with Crippen molar-refractivity contribution >= 4 is 5.97 Å². The van der Waals surface area contributed by atoms with E-state index in [0.29, 0.717) is 0 Å². The molecule has 0 aliphatic heterocycles. The van der Waals surface area contributed by atoms with Crippen LogP contribution in [0.15, 0.2) is 24.3 Å². The largest absolute Gasteiger partial charge is 0.545 e. The standard InChI is InChI=1S/C16H36N.C7H5FO2/c1-5-9-13-17(14-10-6-2,15-11-7-3)16-12-8-4;8-6-4-2-1-3-5(6)7(9)10/h5-16H2,1-4H3;1-4H,(H,9,10)/q+1;/p-1. The third-order valence-electron chi connectivity index (χ3n) is 5.04. The van der Waals surface area contributed by atoms with E-state index in [9.17, 15) is 14.3 Å². The number of carbonyl (C=O) groups is 1. The summed E-state index contributed by atoms with van der Waals surface area (Å²) in [6.45, 7) is 15.0. The fraction of sp³-hybridized carbons (Fsp3) is 0.696. The van der Waals surface area contributed by atoms with Crippen LogP contribution in [0.2, 0.25) is 0 Å². The van der Waals surface area contributed by atoms with Crippen molar-refractivity contribution in [2.75, 3.05) is 26.2 Å². The quantitative estimate of drug-likeness (QED) is 0.441. The fourth-order valence-corrected chi connectivity index (χ4v) is 3.27. The fourth-order valence-electron chi connectivity index (χ4n) is 3.27. The molecule has 0 fully saturated rings. The molecule has 0 aliphatic carbocycles. The van der Waals surface area contributed by atoms with Gasteiger partial charge in [-0.15, -0.1) is 0 Å². The van der Waals surface area contributed by atoms with Crippen molar-refractivity contribution in [3.8, 4) is 0 Å². The van der Waals surface area contributed by atoms with Crippen LogP contribution < -0.4 is 5.11 Å². The van der Waals surface area contributed by atoms with Gasteiger partial charge in [-0.2, -0.15) is 0 Å². The van der Waals surface area contributed by atoms with E-state index in [-0.39, 0.29) is 0 Å². The highest BCUT2D eigenvalue weighted by molar-refractivity contribution is 5.85. The lowest BCUT2D eigenvalue weighted by Crippen LogP contribution is -2.50. The van der Waals surface area contributed by atoms with Gasteiger partial charge in [0.25, 0.3) is 0 Å². The second-order valence-corrected chi connectivity index (χ2v) is 7.42. The van der Waals surface area contributed by atoms with Gasteiger partial charge in [-0.25, -0.2) is 4.39 Å². The molecule has 0 aliphatic rings. The minimum atomic E-state index is -1.49. The Labute approximate surface area is 166 Å². The molecule has 0 heterocycles. The Morgan fingerprint density at radius 1 is 0.815 bits per heavy atom. The van der Waals surface area contributed by atoms with Crippen molar-refractivity contribution in [3.63, 3.8) is 0 Å². The molecule has 1 aromatic rings. The summed E-state index contributed by atoms with van der Waals surface area (Å²) in [7, 11) is 0. The molecule has 0 N–H and O–H groups in total. The lowest BCUT2D eigenvalue weighted by molar-refractivity contribution is -0.929. The van der Waals surface area contributed by atoms with Crippen LogP contribution in [0.1, 0.15) is 89.4 Å². The van der Waals surface area contributed by atoms with Gasteiger partial charge in [-0.3, -0.25) is 0 Å². The molecule has 1 rings (SSSR count). The normalized spacial score (nSPS) is 11.0. The number of benzene rings is 1. The molecule has 27 heavy (non-hydrogen) atoms. The molecule has 0 amide bonds. The zero-order chi connectivity index (χ0) is 20.5. The summed E-state index contributed by atoms with van der Waals surface area (Å²) >= 11 is 0. The lowest BCUT2D eigenvalue weighted by atomic mass is 10.1. The van der Waals surface area contributed by atoms with Gasteiger partial charge in [-0.05, 0) is 31.7 Å². The first-order chi connectivity index (χ1) is 13.0. The van der Waals surface area contributed by atoms with E-state index in [2.05, 4.69) is 27.7 Å². The van der Waals surface area contributed by atoms with Gasteiger partial charge in [0, 0.05) is 5.56 Å². The van der Waals surface area contributed by atoms with E-state index in [1.807, 2.05) is 0 Å². The van der Waals surface area contributed by atoms with Gasteiger partial charge >= 0.3 is 0 Å². The number of aromatic carboxylic acids is 1. The molecule has 0 saturated heterocycles. The molecule has 0 unspecified atom stereocenters. The van der Waals surface area contributed by atoms with E-state index >= 15 is 0 Å². The molecule has 0 bridgehead atoms. The van der Waals surface area contributed by atoms with Crippen molar-refractivity contribution in [2.24, 2.45) is 0 Å². The third kappa shape index (κ3) is 11.1. The van der Waals surface area contributed by atoms with E-state index in [0.717, 1.165) is 12.1 Å². The Morgan fingerprint density at radius 2 is 1.19 bits per heavy atom. The molecule has 4 heteroatoms. The van der Waals surface area contributed by atoms with Crippen LogP contribution in [0.3, 0.4) is 0 Å². The Morgan fingerprint density at radius 3 is 1.44 bits per heavy atom. The highest BCUT2D eigenvalue weighted by atomic mass is 19.1. The summed E-state index contributed by atoms with van der Waals surface area (Å²) in [5, 5.41) is 10.1. The summed E-state index contributed by atoms with van der Waals surface area (Å²) in [6.07, 6.45) is 11.1. The van der Waals surface area contributed by atoms with Crippen molar-refractivity contribution in [1.82, 2.24) is 0 Å². The Bertz CT molecular complexity index is 467. The number of carboxylic acid groups (broad SMARTS) is 1. The van der Waals surface area contributed by atoms with E-state index in [1.54, 1.807) is 0 Å². The highest BCUT2D eigenvalue weighted by Gasteiger charge is 2.24. The summed E-state index contributed by atoms with van der Waals surface area (Å²) in [4.78, 5) is 10.1. The predicted octanol–water partition coefficient (Wildman–Crippen LogP) is 5.19. The van der Waals surface area contributed by atoms with E-state index in [4.69, 9.17) is 0 Å². The maximum atomic E-state index is 12.4. The SMILES string of the molecule is CCCC[N+](CCCC)(CCCC)CCCC.O=C([O-])c1ccccc1F. The second-order valence-electron chi connectivity index (χ2n) is 7.42. The van der Waals surface area contributed by atoms with Gasteiger partial charge in [0.05, 0.1) is 32.1 Å². The number of carbonyl (C=O) groups excluding carboxylic acids is 1. The number of carboxylic acids is 1. The molecular formula is C23H40FNO2. The molecule has 0 atom stereocenters. The third-order valence-corrected chi connectivity index (χ3v) is 5.04. The number of hydrogen-bond acceptors (Lipinski definition) is 2. The average molecular weight is 382 g/mol. The summed E-state index contributed by atoms with van der Waals surface area (Å²) in [6, 6.07) is 5.09.